The van der Waals surface area contributed by atoms with Crippen molar-refractivity contribution in [2.24, 2.45) is 4.99 Å². The van der Waals surface area contributed by atoms with E-state index >= 15 is 0 Å². The van der Waals surface area contributed by atoms with Gasteiger partial charge in [-0.2, -0.15) is 0 Å². The fraction of sp³-hybridized carbons (Fsp3) is 0.368. The van der Waals surface area contributed by atoms with Gasteiger partial charge in [-0.15, -0.1) is 0 Å². The van der Waals surface area contributed by atoms with Crippen molar-refractivity contribution in [2.45, 2.75) is 31.5 Å². The molecule has 0 amide bonds. The van der Waals surface area contributed by atoms with Crippen LogP contribution in [0.3, 0.4) is 0 Å². The molecule has 2 aliphatic heterocycles. The van der Waals surface area contributed by atoms with Crippen LogP contribution >= 0.6 is 27.7 Å². The number of amidine groups is 1. The van der Waals surface area contributed by atoms with Crippen LogP contribution in [0.25, 0.3) is 0 Å². The summed E-state index contributed by atoms with van der Waals surface area (Å²) < 4.78 is 6.00. The van der Waals surface area contributed by atoms with Crippen molar-refractivity contribution in [1.29, 1.82) is 0 Å². The molecule has 0 unspecified atom stereocenters. The molecule has 26 heavy (non-hydrogen) atoms. The fourth-order valence-electron chi connectivity index (χ4n) is 3.63. The molecule has 136 valence electrons. The number of fused-ring (bicyclic) bond motifs is 1. The second-order valence-corrected chi connectivity index (χ2v) is 8.23. The van der Waals surface area contributed by atoms with Gasteiger partial charge in [0.05, 0.1) is 23.3 Å². The summed E-state index contributed by atoms with van der Waals surface area (Å²) >= 11 is 5.27. The molecule has 0 radical (unpaired) electrons. The number of halogens is 1. The largest absolute Gasteiger partial charge is 0.503 e. The first-order chi connectivity index (χ1) is 12.6. The summed E-state index contributed by atoms with van der Waals surface area (Å²) in [5, 5.41) is 11.3. The number of pyridine rings is 1. The van der Waals surface area contributed by atoms with Crippen molar-refractivity contribution in [1.82, 2.24) is 9.88 Å². The summed E-state index contributed by atoms with van der Waals surface area (Å²) in [6.45, 7) is 2.21. The second kappa shape index (κ2) is 7.12. The minimum Gasteiger partial charge on any atom is -0.503 e. The van der Waals surface area contributed by atoms with E-state index in [-0.39, 0.29) is 17.8 Å². The monoisotopic (exact) mass is 433 g/mol. The molecule has 1 aromatic carbocycles. The molecule has 0 aliphatic carbocycles. The van der Waals surface area contributed by atoms with E-state index in [1.54, 1.807) is 7.11 Å². The number of ether oxygens (including phenoxy) is 1. The Labute approximate surface area is 165 Å². The summed E-state index contributed by atoms with van der Waals surface area (Å²) in [6.07, 6.45) is 2.88. The Morgan fingerprint density at radius 2 is 2.23 bits per heavy atom. The SMILES string of the molecule is CC[C@@H]1CSC2=N[C@H](c3ccccn3)[C@H](c3cc(Br)c(O)c(OC)c3)N21. The van der Waals surface area contributed by atoms with Crippen LogP contribution in [0.1, 0.15) is 36.7 Å². The molecule has 2 aliphatic rings. The Morgan fingerprint density at radius 1 is 1.38 bits per heavy atom. The number of hydrogen-bond donors (Lipinski definition) is 1. The van der Waals surface area contributed by atoms with E-state index in [1.165, 1.54) is 0 Å². The van der Waals surface area contributed by atoms with Crippen molar-refractivity contribution in [3.8, 4) is 11.5 Å². The van der Waals surface area contributed by atoms with Gasteiger partial charge in [0.15, 0.2) is 16.7 Å². The van der Waals surface area contributed by atoms with E-state index in [0.29, 0.717) is 16.3 Å². The third kappa shape index (κ3) is 2.87. The lowest BCUT2D eigenvalue weighted by molar-refractivity contribution is 0.254. The molecule has 1 saturated heterocycles. The molecule has 4 rings (SSSR count). The first-order valence-corrected chi connectivity index (χ1v) is 10.4. The van der Waals surface area contributed by atoms with Crippen LogP contribution in [0, 0.1) is 0 Å². The maximum absolute atomic E-state index is 10.2. The minimum absolute atomic E-state index is 0.0330. The van der Waals surface area contributed by atoms with E-state index in [0.717, 1.165) is 28.6 Å². The van der Waals surface area contributed by atoms with Gasteiger partial charge in [0.1, 0.15) is 6.04 Å². The van der Waals surface area contributed by atoms with Gasteiger partial charge in [0, 0.05) is 18.0 Å². The molecule has 1 fully saturated rings. The predicted octanol–water partition coefficient (Wildman–Crippen LogP) is 4.54. The Morgan fingerprint density at radius 3 is 2.92 bits per heavy atom. The smallest absolute Gasteiger partial charge is 0.172 e. The molecular formula is C19H20BrN3O2S. The maximum atomic E-state index is 10.2. The van der Waals surface area contributed by atoms with Crippen molar-refractivity contribution >= 4 is 32.9 Å². The normalized spacial score (nSPS) is 24.5. The highest BCUT2D eigenvalue weighted by Crippen LogP contribution is 2.50. The summed E-state index contributed by atoms with van der Waals surface area (Å²) in [5.74, 6) is 1.63. The minimum atomic E-state index is -0.0748. The molecule has 1 aromatic heterocycles. The molecule has 7 heteroatoms. The predicted molar refractivity (Wildman–Crippen MR) is 108 cm³/mol. The third-order valence-electron chi connectivity index (χ3n) is 4.94. The van der Waals surface area contributed by atoms with Crippen molar-refractivity contribution in [2.75, 3.05) is 12.9 Å². The molecule has 5 nitrogen and oxygen atoms in total. The van der Waals surface area contributed by atoms with Crippen LogP contribution in [0.4, 0.5) is 0 Å². The molecule has 0 spiro atoms. The topological polar surface area (TPSA) is 58.0 Å². The van der Waals surface area contributed by atoms with E-state index in [9.17, 15) is 5.11 Å². The first kappa shape index (κ1) is 17.7. The lowest BCUT2D eigenvalue weighted by Gasteiger charge is -2.32. The van der Waals surface area contributed by atoms with Gasteiger partial charge < -0.3 is 14.7 Å². The number of aromatic nitrogens is 1. The summed E-state index contributed by atoms with van der Waals surface area (Å²) in [5.41, 5.74) is 2.01. The highest BCUT2D eigenvalue weighted by molar-refractivity contribution is 9.10. The number of methoxy groups -OCH3 is 1. The second-order valence-electron chi connectivity index (χ2n) is 6.39. The first-order valence-electron chi connectivity index (χ1n) is 8.60. The molecule has 3 heterocycles. The number of aromatic hydroxyl groups is 1. The molecule has 2 aromatic rings. The van der Waals surface area contributed by atoms with E-state index in [1.807, 2.05) is 48.3 Å². The highest BCUT2D eigenvalue weighted by Gasteiger charge is 2.45. The van der Waals surface area contributed by atoms with Gasteiger partial charge in [-0.05, 0) is 52.2 Å². The molecule has 1 N–H and O–H groups in total. The third-order valence-corrected chi connectivity index (χ3v) is 6.67. The van der Waals surface area contributed by atoms with E-state index in [2.05, 4.69) is 32.7 Å². The zero-order chi connectivity index (χ0) is 18.3. The molecule has 0 bridgehead atoms. The lowest BCUT2D eigenvalue weighted by atomic mass is 9.95. The maximum Gasteiger partial charge on any atom is 0.172 e. The lowest BCUT2D eigenvalue weighted by Crippen LogP contribution is -2.35. The molecular weight excluding hydrogens is 414 g/mol. The standard InChI is InChI=1S/C19H20BrN3O2S/c1-3-12-10-26-19-22-16(14-6-4-5-7-21-14)17(23(12)19)11-8-13(20)18(24)15(9-11)25-2/h4-9,12,16-17,24H,3,10H2,1-2H3/t12-,16-,17+/m1/s1. The Bertz CT molecular complexity index is 846. The number of nitrogens with zero attached hydrogens (tertiary/aromatic N) is 3. The average Bonchev–Trinajstić information content (AvgIpc) is 3.23. The van der Waals surface area contributed by atoms with Crippen LogP contribution in [-0.2, 0) is 0 Å². The van der Waals surface area contributed by atoms with Crippen LogP contribution < -0.4 is 4.74 Å². The number of benzene rings is 1. The summed E-state index contributed by atoms with van der Waals surface area (Å²) in [7, 11) is 1.57. The average molecular weight is 434 g/mol. The van der Waals surface area contributed by atoms with Gasteiger partial charge in [0.25, 0.3) is 0 Å². The number of phenolic OH excluding ortho intramolecular Hbond substituents is 1. The van der Waals surface area contributed by atoms with Crippen LogP contribution in [0.5, 0.6) is 11.5 Å². The van der Waals surface area contributed by atoms with Gasteiger partial charge in [-0.1, -0.05) is 24.8 Å². The Balaban J connectivity index is 1.83. The highest BCUT2D eigenvalue weighted by atomic mass is 79.9. The van der Waals surface area contributed by atoms with E-state index in [4.69, 9.17) is 9.73 Å². The van der Waals surface area contributed by atoms with Crippen molar-refractivity contribution in [3.63, 3.8) is 0 Å². The fourth-order valence-corrected chi connectivity index (χ4v) is 5.43. The summed E-state index contributed by atoms with van der Waals surface area (Å²) in [6, 6.07) is 10.2. The van der Waals surface area contributed by atoms with Gasteiger partial charge in [0.2, 0.25) is 0 Å². The van der Waals surface area contributed by atoms with Crippen LogP contribution in [0.2, 0.25) is 0 Å². The van der Waals surface area contributed by atoms with E-state index < -0.39 is 0 Å². The van der Waals surface area contributed by atoms with Crippen molar-refractivity contribution < 1.29 is 9.84 Å². The van der Waals surface area contributed by atoms with Gasteiger partial charge in [-0.3, -0.25) is 9.98 Å². The van der Waals surface area contributed by atoms with Crippen LogP contribution in [-0.4, -0.2) is 39.1 Å². The Hall–Kier alpha value is -1.73. The molecule has 0 saturated carbocycles. The summed E-state index contributed by atoms with van der Waals surface area (Å²) in [4.78, 5) is 12.0. The Kier molecular flexibility index (Phi) is 4.84. The zero-order valence-electron chi connectivity index (χ0n) is 14.6. The quantitative estimate of drug-likeness (QED) is 0.766. The number of phenols is 1. The molecule has 3 atom stereocenters. The number of rotatable bonds is 4. The number of aliphatic imine (C=N–C) groups is 1. The zero-order valence-corrected chi connectivity index (χ0v) is 17.0. The van der Waals surface area contributed by atoms with Gasteiger partial charge in [-0.25, -0.2) is 0 Å². The van der Waals surface area contributed by atoms with Gasteiger partial charge >= 0.3 is 0 Å². The number of hydrogen-bond acceptors (Lipinski definition) is 6. The number of thioether (sulfide) groups is 1. The van der Waals surface area contributed by atoms with Crippen molar-refractivity contribution in [3.05, 3.63) is 52.3 Å². The van der Waals surface area contributed by atoms with Crippen LogP contribution in [0.15, 0.2) is 46.0 Å².